The molecule has 1 atom stereocenters. The van der Waals surface area contributed by atoms with Crippen molar-refractivity contribution in [1.82, 2.24) is 15.5 Å². The molecule has 2 heterocycles. The lowest BCUT2D eigenvalue weighted by Gasteiger charge is -2.15. The molecule has 0 saturated heterocycles. The Hall–Kier alpha value is -2.27. The molecule has 0 aliphatic carbocycles. The number of hydrogen-bond acceptors (Lipinski definition) is 5. The van der Waals surface area contributed by atoms with Gasteiger partial charge in [-0.1, -0.05) is 42.7 Å². The average Bonchev–Trinajstić information content (AvgIpc) is 3.06. The van der Waals surface area contributed by atoms with Crippen LogP contribution in [0.5, 0.6) is 5.75 Å². The van der Waals surface area contributed by atoms with E-state index in [4.69, 9.17) is 20.9 Å². The van der Waals surface area contributed by atoms with Crippen molar-refractivity contribution >= 4 is 17.2 Å². The van der Waals surface area contributed by atoms with Gasteiger partial charge >= 0.3 is 0 Å². The predicted octanol–water partition coefficient (Wildman–Crippen LogP) is 4.54. The number of methoxy groups -OCH3 is 1. The SMILES string of the molecule is CC.COc1cc(-c2noc(C3=CC(Cl)NC(C)=C3)n2)ccc1C. The number of nitrogens with zero attached hydrogens (tertiary/aromatic N) is 2. The fourth-order valence-electron chi connectivity index (χ4n) is 2.29. The van der Waals surface area contributed by atoms with E-state index in [1.165, 1.54) is 0 Å². The number of benzene rings is 1. The minimum absolute atomic E-state index is 0.283. The number of rotatable bonds is 3. The van der Waals surface area contributed by atoms with Crippen molar-refractivity contribution in [2.45, 2.75) is 33.2 Å². The number of dihydropyridines is 1. The van der Waals surface area contributed by atoms with Crippen molar-refractivity contribution in [2.75, 3.05) is 7.11 Å². The van der Waals surface area contributed by atoms with Gasteiger partial charge in [-0.15, -0.1) is 0 Å². The van der Waals surface area contributed by atoms with Crippen LogP contribution in [0.2, 0.25) is 0 Å². The Labute approximate surface area is 147 Å². The van der Waals surface area contributed by atoms with Crippen LogP contribution in [-0.4, -0.2) is 22.8 Å². The number of halogens is 1. The highest BCUT2D eigenvalue weighted by atomic mass is 35.5. The topological polar surface area (TPSA) is 60.2 Å². The summed E-state index contributed by atoms with van der Waals surface area (Å²) in [7, 11) is 1.64. The van der Waals surface area contributed by atoms with Gasteiger partial charge in [-0.2, -0.15) is 4.98 Å². The van der Waals surface area contributed by atoms with E-state index in [1.807, 2.05) is 58.0 Å². The van der Waals surface area contributed by atoms with Gasteiger partial charge < -0.3 is 14.6 Å². The Balaban J connectivity index is 0.00000100. The normalized spacial score (nSPS) is 16.3. The third-order valence-electron chi connectivity index (χ3n) is 3.40. The molecule has 1 unspecified atom stereocenters. The van der Waals surface area contributed by atoms with Gasteiger partial charge in [0.1, 0.15) is 11.3 Å². The van der Waals surface area contributed by atoms with Crippen molar-refractivity contribution in [2.24, 2.45) is 0 Å². The van der Waals surface area contributed by atoms with E-state index in [9.17, 15) is 0 Å². The number of ether oxygens (including phenoxy) is 1. The van der Waals surface area contributed by atoms with Crippen LogP contribution in [0.3, 0.4) is 0 Å². The highest BCUT2D eigenvalue weighted by Gasteiger charge is 2.17. The minimum atomic E-state index is -0.283. The van der Waals surface area contributed by atoms with E-state index in [0.29, 0.717) is 11.7 Å². The Bertz CT molecular complexity index is 765. The van der Waals surface area contributed by atoms with Gasteiger partial charge in [0.15, 0.2) is 0 Å². The van der Waals surface area contributed by atoms with E-state index < -0.39 is 0 Å². The van der Waals surface area contributed by atoms with Crippen LogP contribution in [0.4, 0.5) is 0 Å². The van der Waals surface area contributed by atoms with Crippen LogP contribution in [0.1, 0.15) is 32.2 Å². The monoisotopic (exact) mass is 347 g/mol. The standard InChI is InChI=1S/C16H16ClN3O2.C2H6/c1-9-4-5-11(7-13(9)21-3)15-19-16(22-20-15)12-6-10(2)18-14(17)8-12;1-2/h4-8,14,18H,1-3H3;1-2H3. The Morgan fingerprint density at radius 1 is 1.25 bits per heavy atom. The number of aryl methyl sites for hydroxylation is 1. The second-order valence-electron chi connectivity index (χ2n) is 5.10. The molecule has 6 heteroatoms. The van der Waals surface area contributed by atoms with Crippen molar-refractivity contribution in [1.29, 1.82) is 0 Å². The van der Waals surface area contributed by atoms with E-state index >= 15 is 0 Å². The molecule has 1 N–H and O–H groups in total. The van der Waals surface area contributed by atoms with E-state index in [1.54, 1.807) is 7.11 Å². The van der Waals surface area contributed by atoms with Gasteiger partial charge in [-0.05, 0) is 37.6 Å². The summed E-state index contributed by atoms with van der Waals surface area (Å²) in [5, 5.41) is 7.12. The Morgan fingerprint density at radius 3 is 2.67 bits per heavy atom. The highest BCUT2D eigenvalue weighted by molar-refractivity contribution is 6.22. The summed E-state index contributed by atoms with van der Waals surface area (Å²) in [6.07, 6.45) is 3.76. The number of allylic oxidation sites excluding steroid dienone is 3. The first kappa shape index (κ1) is 18.1. The number of aromatic nitrogens is 2. The number of nitrogens with one attached hydrogen (secondary N) is 1. The van der Waals surface area contributed by atoms with Crippen LogP contribution in [-0.2, 0) is 0 Å². The summed E-state index contributed by atoms with van der Waals surface area (Å²) in [5.74, 6) is 1.76. The van der Waals surface area contributed by atoms with E-state index in [2.05, 4.69) is 15.5 Å². The molecule has 24 heavy (non-hydrogen) atoms. The van der Waals surface area contributed by atoms with E-state index in [-0.39, 0.29) is 5.50 Å². The van der Waals surface area contributed by atoms with Gasteiger partial charge in [0.25, 0.3) is 5.89 Å². The lowest BCUT2D eigenvalue weighted by molar-refractivity contribution is 0.407. The lowest BCUT2D eigenvalue weighted by atomic mass is 10.1. The predicted molar refractivity (Wildman–Crippen MR) is 96.9 cm³/mol. The quantitative estimate of drug-likeness (QED) is 0.652. The molecule has 1 aromatic heterocycles. The molecule has 0 spiro atoms. The van der Waals surface area contributed by atoms with Gasteiger partial charge in [0, 0.05) is 16.8 Å². The Morgan fingerprint density at radius 2 is 2.00 bits per heavy atom. The zero-order chi connectivity index (χ0) is 17.7. The molecule has 2 aromatic rings. The van der Waals surface area contributed by atoms with Crippen LogP contribution in [0.25, 0.3) is 17.0 Å². The van der Waals surface area contributed by atoms with Crippen molar-refractivity contribution in [3.05, 3.63) is 47.5 Å². The molecule has 1 aromatic carbocycles. The molecule has 128 valence electrons. The average molecular weight is 348 g/mol. The maximum Gasteiger partial charge on any atom is 0.258 e. The molecule has 0 radical (unpaired) electrons. The second kappa shape index (κ2) is 8.02. The molecule has 1 aliphatic rings. The number of alkyl halides is 1. The summed E-state index contributed by atoms with van der Waals surface area (Å²) < 4.78 is 10.7. The number of hydrogen-bond donors (Lipinski definition) is 1. The first-order chi connectivity index (χ1) is 11.6. The van der Waals surface area contributed by atoms with Crippen LogP contribution in [0, 0.1) is 6.92 Å². The highest BCUT2D eigenvalue weighted by Crippen LogP contribution is 2.27. The summed E-state index contributed by atoms with van der Waals surface area (Å²) in [5.41, 5.74) is 3.38. The summed E-state index contributed by atoms with van der Waals surface area (Å²) in [6, 6.07) is 5.80. The largest absolute Gasteiger partial charge is 0.496 e. The minimum Gasteiger partial charge on any atom is -0.496 e. The Kier molecular flexibility index (Phi) is 6.04. The van der Waals surface area contributed by atoms with Crippen molar-refractivity contribution < 1.29 is 9.26 Å². The molecule has 5 nitrogen and oxygen atoms in total. The first-order valence-electron chi connectivity index (χ1n) is 7.86. The van der Waals surface area contributed by atoms with Crippen LogP contribution >= 0.6 is 11.6 Å². The molecule has 0 bridgehead atoms. The molecule has 3 rings (SSSR count). The molecule has 0 saturated carbocycles. The third-order valence-corrected chi connectivity index (χ3v) is 3.64. The fourth-order valence-corrected chi connectivity index (χ4v) is 2.60. The van der Waals surface area contributed by atoms with Gasteiger partial charge in [-0.3, -0.25) is 0 Å². The van der Waals surface area contributed by atoms with Crippen LogP contribution in [0.15, 0.2) is 40.6 Å². The van der Waals surface area contributed by atoms with E-state index in [0.717, 1.165) is 28.1 Å². The zero-order valence-electron chi connectivity index (χ0n) is 14.6. The third kappa shape index (κ3) is 3.97. The lowest BCUT2D eigenvalue weighted by Crippen LogP contribution is -2.22. The summed E-state index contributed by atoms with van der Waals surface area (Å²) in [6.45, 7) is 7.92. The molecular weight excluding hydrogens is 326 g/mol. The molecule has 0 amide bonds. The van der Waals surface area contributed by atoms with Gasteiger partial charge in [0.05, 0.1) is 7.11 Å². The smallest absolute Gasteiger partial charge is 0.258 e. The maximum atomic E-state index is 6.10. The zero-order valence-corrected chi connectivity index (χ0v) is 15.3. The fraction of sp³-hybridized carbons (Fsp3) is 0.333. The molecule has 1 aliphatic heterocycles. The summed E-state index contributed by atoms with van der Waals surface area (Å²) in [4.78, 5) is 4.45. The van der Waals surface area contributed by atoms with Gasteiger partial charge in [0.2, 0.25) is 5.82 Å². The maximum absolute atomic E-state index is 6.10. The summed E-state index contributed by atoms with van der Waals surface area (Å²) >= 11 is 6.10. The van der Waals surface area contributed by atoms with Crippen molar-refractivity contribution in [3.8, 4) is 17.1 Å². The second-order valence-corrected chi connectivity index (χ2v) is 5.57. The van der Waals surface area contributed by atoms with Gasteiger partial charge in [-0.25, -0.2) is 0 Å². The molecular formula is C18H22ClN3O2. The van der Waals surface area contributed by atoms with Crippen LogP contribution < -0.4 is 10.1 Å². The van der Waals surface area contributed by atoms with Crippen molar-refractivity contribution in [3.63, 3.8) is 0 Å². The first-order valence-corrected chi connectivity index (χ1v) is 8.30. The molecule has 0 fully saturated rings.